The van der Waals surface area contributed by atoms with E-state index in [1.54, 1.807) is 0 Å². The molecule has 13 heavy (non-hydrogen) atoms. The molecule has 0 N–H and O–H groups in total. The largest absolute Gasteiger partial charge is 0.150 e. The second-order valence-electron chi connectivity index (χ2n) is 3.17. The summed E-state index contributed by atoms with van der Waals surface area (Å²) < 4.78 is 0. The summed E-state index contributed by atoms with van der Waals surface area (Å²) in [7, 11) is 0. The van der Waals surface area contributed by atoms with E-state index in [4.69, 9.17) is 0 Å². The number of nitrogens with zero attached hydrogens (tertiary/aromatic N) is 2. The first-order valence-electron chi connectivity index (χ1n) is 4.20. The van der Waals surface area contributed by atoms with Crippen LogP contribution >= 0.6 is 0 Å². The highest BCUT2D eigenvalue weighted by Gasteiger charge is 2.29. The van der Waals surface area contributed by atoms with E-state index in [9.17, 15) is 9.81 Å². The lowest BCUT2D eigenvalue weighted by molar-refractivity contribution is 0.576. The number of rotatable bonds is 2. The standard InChI is InChI=1S/C9H12N2O2/c1-3-7-4-8(10-12)6(2)9(5-7)11-13/h3,8-9H,2,4-5H2,1H3/t8-,9-/m1/s1. The molecule has 4 heteroatoms. The van der Waals surface area contributed by atoms with Gasteiger partial charge in [0, 0.05) is 0 Å². The molecule has 0 radical (unpaired) electrons. The summed E-state index contributed by atoms with van der Waals surface area (Å²) in [6, 6.07) is -0.940. The number of hydrogen-bond acceptors (Lipinski definition) is 4. The normalized spacial score (nSPS) is 28.4. The molecule has 0 aromatic rings. The molecule has 0 bridgehead atoms. The molecule has 0 aromatic heterocycles. The number of nitroso groups, excluding NO2 is 2. The molecule has 1 fully saturated rings. The first-order chi connectivity index (χ1) is 6.22. The highest BCUT2D eigenvalue weighted by Crippen LogP contribution is 2.31. The van der Waals surface area contributed by atoms with Crippen molar-refractivity contribution in [2.45, 2.75) is 31.8 Å². The average molecular weight is 180 g/mol. The zero-order valence-corrected chi connectivity index (χ0v) is 7.56. The summed E-state index contributed by atoms with van der Waals surface area (Å²) in [4.78, 5) is 20.8. The second-order valence-corrected chi connectivity index (χ2v) is 3.17. The van der Waals surface area contributed by atoms with Gasteiger partial charge in [-0.15, -0.1) is 0 Å². The predicted molar refractivity (Wildman–Crippen MR) is 51.3 cm³/mol. The minimum atomic E-state index is -0.470. The van der Waals surface area contributed by atoms with Crippen LogP contribution in [-0.4, -0.2) is 12.1 Å². The van der Waals surface area contributed by atoms with E-state index in [-0.39, 0.29) is 0 Å². The highest BCUT2D eigenvalue weighted by molar-refractivity contribution is 5.26. The molecule has 1 aliphatic rings. The van der Waals surface area contributed by atoms with Gasteiger partial charge in [-0.05, 0) is 25.3 Å². The van der Waals surface area contributed by atoms with Gasteiger partial charge in [-0.1, -0.05) is 28.6 Å². The van der Waals surface area contributed by atoms with Crippen molar-refractivity contribution in [3.8, 4) is 0 Å². The highest BCUT2D eigenvalue weighted by atomic mass is 16.3. The van der Waals surface area contributed by atoms with Gasteiger partial charge in [-0.25, -0.2) is 0 Å². The molecule has 70 valence electrons. The van der Waals surface area contributed by atoms with Crippen LogP contribution in [0.15, 0.2) is 34.2 Å². The average Bonchev–Trinajstić information content (AvgIpc) is 2.18. The Labute approximate surface area is 76.7 Å². The lowest BCUT2D eigenvalue weighted by Gasteiger charge is -2.24. The molecule has 1 saturated carbocycles. The van der Waals surface area contributed by atoms with Crippen LogP contribution in [0.25, 0.3) is 0 Å². The van der Waals surface area contributed by atoms with Crippen molar-refractivity contribution in [1.82, 2.24) is 0 Å². The summed E-state index contributed by atoms with van der Waals surface area (Å²) in [5.41, 5.74) is 1.61. The fourth-order valence-electron chi connectivity index (χ4n) is 1.51. The third-order valence-electron chi connectivity index (χ3n) is 2.43. The van der Waals surface area contributed by atoms with Gasteiger partial charge in [-0.3, -0.25) is 0 Å². The Bertz CT molecular complexity index is 249. The van der Waals surface area contributed by atoms with Crippen LogP contribution in [0.2, 0.25) is 0 Å². The van der Waals surface area contributed by atoms with E-state index < -0.39 is 12.1 Å². The zero-order chi connectivity index (χ0) is 9.84. The van der Waals surface area contributed by atoms with Crippen molar-refractivity contribution >= 4 is 0 Å². The van der Waals surface area contributed by atoms with Crippen LogP contribution in [0.4, 0.5) is 0 Å². The van der Waals surface area contributed by atoms with Crippen LogP contribution < -0.4 is 0 Å². The molecule has 0 saturated heterocycles. The molecule has 0 spiro atoms. The first kappa shape index (κ1) is 9.77. The van der Waals surface area contributed by atoms with Crippen molar-refractivity contribution < 1.29 is 0 Å². The Morgan fingerprint density at radius 2 is 1.77 bits per heavy atom. The molecule has 0 unspecified atom stereocenters. The van der Waals surface area contributed by atoms with E-state index in [1.807, 2.05) is 13.0 Å². The third-order valence-corrected chi connectivity index (χ3v) is 2.43. The molecule has 0 heterocycles. The Balaban J connectivity index is 2.85. The van der Waals surface area contributed by atoms with Crippen molar-refractivity contribution in [3.63, 3.8) is 0 Å². The van der Waals surface area contributed by atoms with Crippen LogP contribution in [-0.2, 0) is 0 Å². The molecule has 4 nitrogen and oxygen atoms in total. The molecule has 1 aliphatic carbocycles. The fraction of sp³-hybridized carbons (Fsp3) is 0.556. The van der Waals surface area contributed by atoms with Gasteiger partial charge in [0.25, 0.3) is 0 Å². The molecular formula is C9H12N2O2. The fourth-order valence-corrected chi connectivity index (χ4v) is 1.51. The van der Waals surface area contributed by atoms with Gasteiger partial charge in [0.05, 0.1) is 0 Å². The van der Waals surface area contributed by atoms with Crippen LogP contribution in [0.5, 0.6) is 0 Å². The van der Waals surface area contributed by atoms with Crippen molar-refractivity contribution in [1.29, 1.82) is 0 Å². The minimum absolute atomic E-state index is 0.470. The van der Waals surface area contributed by atoms with Crippen molar-refractivity contribution in [3.05, 3.63) is 33.6 Å². The maximum atomic E-state index is 10.4. The van der Waals surface area contributed by atoms with Crippen LogP contribution in [0, 0.1) is 9.81 Å². The second kappa shape index (κ2) is 4.07. The number of allylic oxidation sites excluding steroid dienone is 1. The molecule has 1 rings (SSSR count). The monoisotopic (exact) mass is 180 g/mol. The molecule has 2 atom stereocenters. The quantitative estimate of drug-likeness (QED) is 0.484. The smallest absolute Gasteiger partial charge is 0.118 e. The molecule has 0 amide bonds. The van der Waals surface area contributed by atoms with Gasteiger partial charge in [0.2, 0.25) is 0 Å². The summed E-state index contributed by atoms with van der Waals surface area (Å²) in [6.45, 7) is 5.55. The summed E-state index contributed by atoms with van der Waals surface area (Å²) in [6.07, 6.45) is 3.08. The van der Waals surface area contributed by atoms with Crippen LogP contribution in [0.1, 0.15) is 19.8 Å². The van der Waals surface area contributed by atoms with Gasteiger partial charge in [0.15, 0.2) is 0 Å². The topological polar surface area (TPSA) is 58.9 Å². The minimum Gasteiger partial charge on any atom is -0.150 e. The maximum Gasteiger partial charge on any atom is 0.118 e. The molecular weight excluding hydrogens is 168 g/mol. The van der Waals surface area contributed by atoms with Gasteiger partial charge in [0.1, 0.15) is 12.1 Å². The predicted octanol–water partition coefficient (Wildman–Crippen LogP) is 2.55. The summed E-state index contributed by atoms with van der Waals surface area (Å²) >= 11 is 0. The number of hydrogen-bond donors (Lipinski definition) is 0. The Kier molecular flexibility index (Phi) is 3.06. The van der Waals surface area contributed by atoms with Crippen molar-refractivity contribution in [2.24, 2.45) is 10.4 Å². The Morgan fingerprint density at radius 3 is 2.08 bits per heavy atom. The van der Waals surface area contributed by atoms with E-state index in [1.165, 1.54) is 0 Å². The summed E-state index contributed by atoms with van der Waals surface area (Å²) in [5.74, 6) is 0. The third kappa shape index (κ3) is 1.88. The summed E-state index contributed by atoms with van der Waals surface area (Å²) in [5, 5.41) is 5.87. The van der Waals surface area contributed by atoms with E-state index >= 15 is 0 Å². The van der Waals surface area contributed by atoms with Gasteiger partial charge in [-0.2, -0.15) is 9.81 Å². The van der Waals surface area contributed by atoms with Crippen molar-refractivity contribution in [2.75, 3.05) is 0 Å². The first-order valence-corrected chi connectivity index (χ1v) is 4.20. The van der Waals surface area contributed by atoms with E-state index in [0.717, 1.165) is 5.57 Å². The SMILES string of the molecule is C=C1[C@H](N=O)CC(=CC)C[C@H]1N=O. The Morgan fingerprint density at radius 1 is 1.31 bits per heavy atom. The van der Waals surface area contributed by atoms with Gasteiger partial charge < -0.3 is 0 Å². The van der Waals surface area contributed by atoms with E-state index in [2.05, 4.69) is 16.9 Å². The zero-order valence-electron chi connectivity index (χ0n) is 7.56. The van der Waals surface area contributed by atoms with E-state index in [0.29, 0.717) is 18.4 Å². The Hall–Kier alpha value is -1.32. The molecule has 0 aliphatic heterocycles. The lowest BCUT2D eigenvalue weighted by Crippen LogP contribution is -2.25. The van der Waals surface area contributed by atoms with Crippen LogP contribution in [0.3, 0.4) is 0 Å². The maximum absolute atomic E-state index is 10.4. The van der Waals surface area contributed by atoms with Gasteiger partial charge >= 0.3 is 0 Å². The lowest BCUT2D eigenvalue weighted by atomic mass is 9.84. The molecule has 0 aromatic carbocycles.